The first-order valence-electron chi connectivity index (χ1n) is 4.99. The van der Waals surface area contributed by atoms with Gasteiger partial charge in [0.2, 0.25) is 5.91 Å². The lowest BCUT2D eigenvalue weighted by Crippen LogP contribution is -2.11. The summed E-state index contributed by atoms with van der Waals surface area (Å²) in [5.74, 6) is -0.0675. The minimum absolute atomic E-state index is 0.0675. The highest BCUT2D eigenvalue weighted by Gasteiger charge is 2.08. The van der Waals surface area contributed by atoms with Crippen LogP contribution in [0.3, 0.4) is 0 Å². The molecule has 0 heterocycles. The van der Waals surface area contributed by atoms with E-state index in [1.54, 1.807) is 6.07 Å². The number of carbonyl (C=O) groups is 1. The molecule has 0 aliphatic rings. The predicted molar refractivity (Wildman–Crippen MR) is 69.6 cm³/mol. The molecule has 0 aliphatic heterocycles. The van der Waals surface area contributed by atoms with Gasteiger partial charge in [-0.1, -0.05) is 48.1 Å². The molecule has 0 unspecified atom stereocenters. The lowest BCUT2D eigenvalue weighted by Gasteiger charge is -2.08. The summed E-state index contributed by atoms with van der Waals surface area (Å²) in [5.41, 5.74) is 0.497. The van der Waals surface area contributed by atoms with Crippen LogP contribution in [0, 0.1) is 0 Å². The SMILES string of the molecule is CCCCC(=O)Nc1cc(Cl)c(Cl)cc1Cl. The quantitative estimate of drug-likeness (QED) is 0.790. The molecule has 0 atom stereocenters. The Kier molecular flexibility index (Phi) is 5.39. The number of anilines is 1. The third-order valence-corrected chi connectivity index (χ3v) is 3.08. The zero-order chi connectivity index (χ0) is 12.1. The molecule has 0 fully saturated rings. The van der Waals surface area contributed by atoms with Crippen LogP contribution in [0.25, 0.3) is 0 Å². The maximum absolute atomic E-state index is 11.5. The number of benzene rings is 1. The first-order chi connectivity index (χ1) is 7.54. The number of hydrogen-bond acceptors (Lipinski definition) is 1. The summed E-state index contributed by atoms with van der Waals surface area (Å²) in [5, 5.41) is 3.83. The van der Waals surface area contributed by atoms with Gasteiger partial charge in [-0.3, -0.25) is 4.79 Å². The molecule has 0 spiro atoms. The summed E-state index contributed by atoms with van der Waals surface area (Å²) in [6.45, 7) is 2.03. The molecular weight excluding hydrogens is 268 g/mol. The summed E-state index contributed by atoms with van der Waals surface area (Å²) in [4.78, 5) is 11.5. The van der Waals surface area contributed by atoms with Crippen LogP contribution in [0.5, 0.6) is 0 Å². The van der Waals surface area contributed by atoms with E-state index in [1.165, 1.54) is 6.07 Å². The second kappa shape index (κ2) is 6.33. The smallest absolute Gasteiger partial charge is 0.224 e. The Morgan fingerprint density at radius 1 is 1.19 bits per heavy atom. The summed E-state index contributed by atoms with van der Waals surface area (Å²) >= 11 is 17.5. The average molecular weight is 281 g/mol. The molecule has 1 rings (SSSR count). The minimum atomic E-state index is -0.0675. The van der Waals surface area contributed by atoms with Gasteiger partial charge in [0.05, 0.1) is 20.8 Å². The molecule has 2 nitrogen and oxygen atoms in total. The molecule has 0 radical (unpaired) electrons. The molecule has 1 amide bonds. The normalized spacial score (nSPS) is 10.2. The van der Waals surface area contributed by atoms with Crippen LogP contribution in [0.1, 0.15) is 26.2 Å². The molecule has 16 heavy (non-hydrogen) atoms. The fraction of sp³-hybridized carbons (Fsp3) is 0.364. The summed E-state index contributed by atoms with van der Waals surface area (Å²) in [6, 6.07) is 3.07. The summed E-state index contributed by atoms with van der Waals surface area (Å²) in [6.07, 6.45) is 2.31. The number of amides is 1. The molecule has 0 aromatic heterocycles. The predicted octanol–water partition coefficient (Wildman–Crippen LogP) is 4.78. The molecule has 0 saturated heterocycles. The highest BCUT2D eigenvalue weighted by atomic mass is 35.5. The fourth-order valence-corrected chi connectivity index (χ4v) is 1.76. The maximum Gasteiger partial charge on any atom is 0.224 e. The first-order valence-corrected chi connectivity index (χ1v) is 6.12. The van der Waals surface area contributed by atoms with Crippen molar-refractivity contribution in [3.8, 4) is 0 Å². The molecule has 5 heteroatoms. The van der Waals surface area contributed by atoms with E-state index < -0.39 is 0 Å². The number of nitrogens with one attached hydrogen (secondary N) is 1. The van der Waals surface area contributed by atoms with E-state index in [1.807, 2.05) is 6.92 Å². The molecule has 88 valence electrons. The second-order valence-electron chi connectivity index (χ2n) is 3.40. The van der Waals surface area contributed by atoms with Gasteiger partial charge in [0.15, 0.2) is 0 Å². The van der Waals surface area contributed by atoms with E-state index in [9.17, 15) is 4.79 Å². The van der Waals surface area contributed by atoms with Gasteiger partial charge in [0.25, 0.3) is 0 Å². The van der Waals surface area contributed by atoms with E-state index in [0.717, 1.165) is 12.8 Å². The largest absolute Gasteiger partial charge is 0.325 e. The van der Waals surface area contributed by atoms with Crippen molar-refractivity contribution in [3.05, 3.63) is 27.2 Å². The van der Waals surface area contributed by atoms with Crippen LogP contribution >= 0.6 is 34.8 Å². The Morgan fingerprint density at radius 2 is 1.81 bits per heavy atom. The number of unbranched alkanes of at least 4 members (excludes halogenated alkanes) is 1. The van der Waals surface area contributed by atoms with E-state index in [4.69, 9.17) is 34.8 Å². The molecule has 0 bridgehead atoms. The van der Waals surface area contributed by atoms with Crippen molar-refractivity contribution >= 4 is 46.4 Å². The Labute approximate surface area is 110 Å². The lowest BCUT2D eigenvalue weighted by molar-refractivity contribution is -0.116. The lowest BCUT2D eigenvalue weighted by atomic mass is 10.2. The van der Waals surface area contributed by atoms with Crippen molar-refractivity contribution in [2.24, 2.45) is 0 Å². The van der Waals surface area contributed by atoms with Crippen molar-refractivity contribution in [3.63, 3.8) is 0 Å². The standard InChI is InChI=1S/C11H12Cl3NO/c1-2-3-4-11(16)15-10-6-8(13)7(12)5-9(10)14/h5-6H,2-4H2,1H3,(H,15,16). The van der Waals surface area contributed by atoms with Gasteiger partial charge >= 0.3 is 0 Å². The summed E-state index contributed by atoms with van der Waals surface area (Å²) in [7, 11) is 0. The zero-order valence-corrected chi connectivity index (χ0v) is 11.1. The van der Waals surface area contributed by atoms with Gasteiger partial charge in [-0.25, -0.2) is 0 Å². The van der Waals surface area contributed by atoms with E-state index >= 15 is 0 Å². The zero-order valence-electron chi connectivity index (χ0n) is 8.82. The Morgan fingerprint density at radius 3 is 2.44 bits per heavy atom. The molecule has 0 saturated carbocycles. The highest BCUT2D eigenvalue weighted by Crippen LogP contribution is 2.32. The monoisotopic (exact) mass is 279 g/mol. The van der Waals surface area contributed by atoms with Crippen LogP contribution in [-0.2, 0) is 4.79 Å². The topological polar surface area (TPSA) is 29.1 Å². The van der Waals surface area contributed by atoms with Crippen LogP contribution in [0.4, 0.5) is 5.69 Å². The van der Waals surface area contributed by atoms with Gasteiger partial charge in [-0.15, -0.1) is 0 Å². The van der Waals surface area contributed by atoms with Crippen molar-refractivity contribution in [2.75, 3.05) is 5.32 Å². The fourth-order valence-electron chi connectivity index (χ4n) is 1.17. The highest BCUT2D eigenvalue weighted by molar-refractivity contribution is 6.44. The van der Waals surface area contributed by atoms with E-state index in [0.29, 0.717) is 27.2 Å². The first kappa shape index (κ1) is 13.6. The van der Waals surface area contributed by atoms with Gasteiger partial charge in [0.1, 0.15) is 0 Å². The molecule has 1 aromatic rings. The number of rotatable bonds is 4. The Balaban J connectivity index is 2.73. The van der Waals surface area contributed by atoms with Crippen LogP contribution in [-0.4, -0.2) is 5.91 Å². The van der Waals surface area contributed by atoms with Crippen molar-refractivity contribution in [2.45, 2.75) is 26.2 Å². The van der Waals surface area contributed by atoms with Gasteiger partial charge in [-0.05, 0) is 18.6 Å². The third-order valence-electron chi connectivity index (χ3n) is 2.04. The van der Waals surface area contributed by atoms with E-state index in [-0.39, 0.29) is 5.91 Å². The van der Waals surface area contributed by atoms with Gasteiger partial charge in [-0.2, -0.15) is 0 Å². The molecule has 1 aromatic carbocycles. The van der Waals surface area contributed by atoms with Crippen LogP contribution in [0.15, 0.2) is 12.1 Å². The van der Waals surface area contributed by atoms with Crippen LogP contribution in [0.2, 0.25) is 15.1 Å². The van der Waals surface area contributed by atoms with Gasteiger partial charge in [0, 0.05) is 6.42 Å². The maximum atomic E-state index is 11.5. The molecule has 0 aliphatic carbocycles. The van der Waals surface area contributed by atoms with Gasteiger partial charge < -0.3 is 5.32 Å². The number of halogens is 3. The second-order valence-corrected chi connectivity index (χ2v) is 4.62. The minimum Gasteiger partial charge on any atom is -0.325 e. The molecular formula is C11H12Cl3NO. The summed E-state index contributed by atoms with van der Waals surface area (Å²) < 4.78 is 0. The number of carbonyl (C=O) groups excluding carboxylic acids is 1. The Hall–Kier alpha value is -0.440. The van der Waals surface area contributed by atoms with Crippen LogP contribution < -0.4 is 5.32 Å². The van der Waals surface area contributed by atoms with Crippen molar-refractivity contribution < 1.29 is 4.79 Å². The Bertz CT molecular complexity index is 393. The van der Waals surface area contributed by atoms with E-state index in [2.05, 4.69) is 5.32 Å². The van der Waals surface area contributed by atoms with Crippen molar-refractivity contribution in [1.82, 2.24) is 0 Å². The molecule has 1 N–H and O–H groups in total. The average Bonchev–Trinajstić information content (AvgIpc) is 2.23. The van der Waals surface area contributed by atoms with Crippen molar-refractivity contribution in [1.29, 1.82) is 0 Å². The number of hydrogen-bond donors (Lipinski definition) is 1. The third kappa shape index (κ3) is 3.85.